The smallest absolute Gasteiger partial charge is 0.246 e. The van der Waals surface area contributed by atoms with Crippen molar-refractivity contribution < 1.29 is 24.3 Å². The predicted octanol–water partition coefficient (Wildman–Crippen LogP) is 0.921. The molecule has 0 radical (unpaired) electrons. The third-order valence-electron chi connectivity index (χ3n) is 6.05. The number of likely N-dealkylation sites (tertiary alicyclic amines) is 1. The summed E-state index contributed by atoms with van der Waals surface area (Å²) in [6.07, 6.45) is 2.16. The summed E-state index contributed by atoms with van der Waals surface area (Å²) in [4.78, 5) is 51.8. The number of hydrogen-bond donors (Lipinski definition) is 4. The number of carbonyl (C=O) groups is 4. The van der Waals surface area contributed by atoms with Gasteiger partial charge >= 0.3 is 0 Å². The average molecular weight is 501 g/mol. The standard InChI is InChI=1S/C25H32N4O5S/c1-16(31)27-21(14-35-15-30)25(34)29-11-5-4-8-22(29)24(33)28-20(23(26)32)13-17-9-10-18-6-2-3-7-19(18)12-17/h2-3,6-7,9-10,12,20-22,30H,4-5,8,11,13-15H2,1H3,(H2,26,32)(H,27,31)(H,28,33)/t20-,21-,22-/m0/s1. The number of hydrogen-bond acceptors (Lipinski definition) is 6. The monoisotopic (exact) mass is 500 g/mol. The van der Waals surface area contributed by atoms with Crippen molar-refractivity contribution in [2.75, 3.05) is 18.2 Å². The van der Waals surface area contributed by atoms with Crippen molar-refractivity contribution in [2.24, 2.45) is 5.73 Å². The fourth-order valence-electron chi connectivity index (χ4n) is 4.35. The van der Waals surface area contributed by atoms with Crippen LogP contribution < -0.4 is 16.4 Å². The van der Waals surface area contributed by atoms with E-state index in [0.717, 1.165) is 40.9 Å². The second-order valence-electron chi connectivity index (χ2n) is 8.65. The Labute approximate surface area is 208 Å². The Morgan fingerprint density at radius 3 is 2.51 bits per heavy atom. The van der Waals surface area contributed by atoms with E-state index in [1.807, 2.05) is 42.5 Å². The molecule has 0 saturated carbocycles. The highest BCUT2D eigenvalue weighted by Crippen LogP contribution is 2.21. The summed E-state index contributed by atoms with van der Waals surface area (Å²) in [5.41, 5.74) is 6.48. The van der Waals surface area contributed by atoms with Crippen LogP contribution in [0, 0.1) is 0 Å². The fourth-order valence-corrected chi connectivity index (χ4v) is 4.92. The van der Waals surface area contributed by atoms with Crippen molar-refractivity contribution in [1.29, 1.82) is 0 Å². The van der Waals surface area contributed by atoms with Crippen LogP contribution in [0.1, 0.15) is 31.7 Å². The van der Waals surface area contributed by atoms with Gasteiger partial charge in [-0.2, -0.15) is 0 Å². The van der Waals surface area contributed by atoms with Gasteiger partial charge in [-0.25, -0.2) is 0 Å². The molecule has 10 heteroatoms. The summed E-state index contributed by atoms with van der Waals surface area (Å²) in [6.45, 7) is 1.68. The van der Waals surface area contributed by atoms with Gasteiger partial charge in [-0.05, 0) is 35.6 Å². The van der Waals surface area contributed by atoms with E-state index in [1.54, 1.807) is 0 Å². The molecular weight excluding hydrogens is 468 g/mol. The first-order chi connectivity index (χ1) is 16.8. The van der Waals surface area contributed by atoms with Crippen molar-refractivity contribution in [3.05, 3.63) is 48.0 Å². The zero-order chi connectivity index (χ0) is 25.4. The zero-order valence-electron chi connectivity index (χ0n) is 19.7. The quantitative estimate of drug-likeness (QED) is 0.358. The molecule has 0 spiro atoms. The van der Waals surface area contributed by atoms with Crippen LogP contribution >= 0.6 is 11.8 Å². The molecule has 2 aromatic rings. The van der Waals surface area contributed by atoms with E-state index < -0.39 is 29.9 Å². The number of rotatable bonds is 10. The maximum Gasteiger partial charge on any atom is 0.246 e. The highest BCUT2D eigenvalue weighted by atomic mass is 32.2. The molecule has 1 fully saturated rings. The normalized spacial score (nSPS) is 17.4. The van der Waals surface area contributed by atoms with Crippen LogP contribution in [0.4, 0.5) is 0 Å². The first-order valence-electron chi connectivity index (χ1n) is 11.6. The Bertz CT molecular complexity index is 1080. The average Bonchev–Trinajstić information content (AvgIpc) is 2.85. The maximum absolute atomic E-state index is 13.2. The molecule has 0 aliphatic carbocycles. The third kappa shape index (κ3) is 7.19. The minimum atomic E-state index is -0.932. The number of amides is 4. The van der Waals surface area contributed by atoms with Crippen LogP contribution in [0.2, 0.25) is 0 Å². The predicted molar refractivity (Wildman–Crippen MR) is 135 cm³/mol. The highest BCUT2D eigenvalue weighted by Gasteiger charge is 2.37. The molecule has 0 aromatic heterocycles. The van der Waals surface area contributed by atoms with Crippen molar-refractivity contribution in [3.8, 4) is 0 Å². The van der Waals surface area contributed by atoms with E-state index >= 15 is 0 Å². The number of thioether (sulfide) groups is 1. The third-order valence-corrected chi connectivity index (χ3v) is 6.81. The van der Waals surface area contributed by atoms with Gasteiger partial charge in [-0.15, -0.1) is 11.8 Å². The van der Waals surface area contributed by atoms with E-state index in [4.69, 9.17) is 10.8 Å². The van der Waals surface area contributed by atoms with E-state index in [-0.39, 0.29) is 29.9 Å². The lowest BCUT2D eigenvalue weighted by atomic mass is 9.98. The number of nitrogens with one attached hydrogen (secondary N) is 2. The molecule has 0 bridgehead atoms. The molecule has 1 saturated heterocycles. The molecular formula is C25H32N4O5S. The van der Waals surface area contributed by atoms with E-state index in [2.05, 4.69) is 10.6 Å². The van der Waals surface area contributed by atoms with Crippen LogP contribution in [0.15, 0.2) is 42.5 Å². The number of primary amides is 1. The van der Waals surface area contributed by atoms with E-state index in [1.165, 1.54) is 11.8 Å². The van der Waals surface area contributed by atoms with Crippen LogP contribution in [0.5, 0.6) is 0 Å². The molecule has 9 nitrogen and oxygen atoms in total. The summed E-state index contributed by atoms with van der Waals surface area (Å²) in [7, 11) is 0. The fraction of sp³-hybridized carbons (Fsp3) is 0.440. The molecule has 35 heavy (non-hydrogen) atoms. The lowest BCUT2D eigenvalue weighted by molar-refractivity contribution is -0.145. The van der Waals surface area contributed by atoms with Crippen LogP contribution in [0.25, 0.3) is 10.8 Å². The lowest BCUT2D eigenvalue weighted by Gasteiger charge is -2.37. The molecule has 4 amide bonds. The van der Waals surface area contributed by atoms with Crippen LogP contribution in [-0.2, 0) is 25.6 Å². The van der Waals surface area contributed by atoms with E-state index in [0.29, 0.717) is 13.0 Å². The number of benzene rings is 2. The minimum Gasteiger partial charge on any atom is -0.386 e. The highest BCUT2D eigenvalue weighted by molar-refractivity contribution is 7.99. The second-order valence-corrected chi connectivity index (χ2v) is 9.65. The molecule has 5 N–H and O–H groups in total. The summed E-state index contributed by atoms with van der Waals surface area (Å²) < 4.78 is 0. The minimum absolute atomic E-state index is 0.186. The van der Waals surface area contributed by atoms with Crippen molar-refractivity contribution in [2.45, 2.75) is 50.7 Å². The van der Waals surface area contributed by atoms with Gasteiger partial charge in [0.25, 0.3) is 0 Å². The van der Waals surface area contributed by atoms with E-state index in [9.17, 15) is 19.2 Å². The number of piperidine rings is 1. The Morgan fingerprint density at radius 1 is 1.09 bits per heavy atom. The number of carbonyl (C=O) groups excluding carboxylic acids is 4. The largest absolute Gasteiger partial charge is 0.386 e. The number of aliphatic hydroxyl groups is 1. The number of nitrogens with two attached hydrogens (primary N) is 1. The second kappa shape index (κ2) is 12.6. The van der Waals surface area contributed by atoms with Crippen LogP contribution in [-0.4, -0.2) is 70.0 Å². The van der Waals surface area contributed by atoms with Gasteiger partial charge in [0, 0.05) is 25.6 Å². The summed E-state index contributed by atoms with van der Waals surface area (Å²) >= 11 is 1.11. The van der Waals surface area contributed by atoms with Gasteiger partial charge in [0.15, 0.2) is 0 Å². The molecule has 1 aliphatic heterocycles. The van der Waals surface area contributed by atoms with Gasteiger partial charge in [0.2, 0.25) is 23.6 Å². The Morgan fingerprint density at radius 2 is 1.83 bits per heavy atom. The van der Waals surface area contributed by atoms with Crippen molar-refractivity contribution >= 4 is 46.2 Å². The maximum atomic E-state index is 13.2. The number of fused-ring (bicyclic) bond motifs is 1. The molecule has 3 rings (SSSR count). The molecule has 3 atom stereocenters. The Hall–Kier alpha value is -3.11. The summed E-state index contributed by atoms with van der Waals surface area (Å²) in [6, 6.07) is 11.1. The number of aliphatic hydroxyl groups excluding tert-OH is 1. The molecule has 0 unspecified atom stereocenters. The molecule has 188 valence electrons. The van der Waals surface area contributed by atoms with Gasteiger partial charge in [-0.1, -0.05) is 42.5 Å². The SMILES string of the molecule is CC(=O)N[C@@H](CSCO)C(=O)N1CCCC[C@H]1C(=O)N[C@@H](Cc1ccc2ccccc2c1)C(N)=O. The Kier molecular flexibility index (Phi) is 9.50. The van der Waals surface area contributed by atoms with Crippen LogP contribution in [0.3, 0.4) is 0 Å². The van der Waals surface area contributed by atoms with Gasteiger partial charge in [0.05, 0.1) is 5.94 Å². The molecule has 1 aliphatic rings. The molecule has 1 heterocycles. The zero-order valence-corrected chi connectivity index (χ0v) is 20.6. The first-order valence-corrected chi connectivity index (χ1v) is 12.8. The lowest BCUT2D eigenvalue weighted by Crippen LogP contribution is -2.60. The van der Waals surface area contributed by atoms with Gasteiger partial charge in [-0.3, -0.25) is 19.2 Å². The summed E-state index contributed by atoms with van der Waals surface area (Å²) in [5, 5.41) is 16.6. The van der Waals surface area contributed by atoms with Gasteiger partial charge < -0.3 is 26.4 Å². The first kappa shape index (κ1) is 26.5. The van der Waals surface area contributed by atoms with Gasteiger partial charge in [0.1, 0.15) is 18.1 Å². The number of nitrogens with zero attached hydrogens (tertiary/aromatic N) is 1. The summed E-state index contributed by atoms with van der Waals surface area (Å²) in [5.74, 6) is -1.86. The topological polar surface area (TPSA) is 142 Å². The van der Waals surface area contributed by atoms with Crippen molar-refractivity contribution in [3.63, 3.8) is 0 Å². The molecule has 2 aromatic carbocycles. The van der Waals surface area contributed by atoms with Crippen molar-refractivity contribution in [1.82, 2.24) is 15.5 Å². The Balaban J connectivity index is 1.73.